The maximum atomic E-state index is 11.8. The Balaban J connectivity index is 2.56. The fourth-order valence-corrected chi connectivity index (χ4v) is 9.38. The topological polar surface area (TPSA) is 46.5 Å². The summed E-state index contributed by atoms with van der Waals surface area (Å²) in [5, 5.41) is 11.7. The number of carbonyl (C=O) groups excluding carboxylic acids is 1. The van der Waals surface area contributed by atoms with Crippen molar-refractivity contribution >= 4 is 14.1 Å². The fourth-order valence-electron chi connectivity index (χ4n) is 6.53. The molecule has 0 aliphatic heterocycles. The Morgan fingerprint density at radius 3 is 2.21 bits per heavy atom. The molecule has 1 N–H and O–H groups in total. The van der Waals surface area contributed by atoms with E-state index in [2.05, 4.69) is 48.5 Å². The number of fused-ring (bicyclic) bond motifs is 1. The van der Waals surface area contributed by atoms with E-state index in [0.29, 0.717) is 6.42 Å². The normalized spacial score (nSPS) is 33.0. The minimum atomic E-state index is -1.85. The summed E-state index contributed by atoms with van der Waals surface area (Å²) < 4.78 is 6.92. The Labute approximate surface area is 174 Å². The van der Waals surface area contributed by atoms with Crippen LogP contribution >= 0.6 is 0 Å². The zero-order chi connectivity index (χ0) is 21.3. The molecule has 4 atom stereocenters. The van der Waals surface area contributed by atoms with Crippen molar-refractivity contribution in [3.63, 3.8) is 0 Å². The molecule has 0 aromatic rings. The highest BCUT2D eigenvalue weighted by Gasteiger charge is 2.57. The lowest BCUT2D eigenvalue weighted by Crippen LogP contribution is -2.59. The molecule has 0 radical (unpaired) electrons. The lowest BCUT2D eigenvalue weighted by molar-refractivity contribution is -0.118. The van der Waals surface area contributed by atoms with Crippen molar-refractivity contribution < 1.29 is 14.3 Å². The highest BCUT2D eigenvalue weighted by Crippen LogP contribution is 2.61. The van der Waals surface area contributed by atoms with Crippen molar-refractivity contribution in [2.45, 2.75) is 118 Å². The zero-order valence-electron chi connectivity index (χ0n) is 19.7. The second-order valence-electron chi connectivity index (χ2n) is 10.4. The van der Waals surface area contributed by atoms with Crippen molar-refractivity contribution in [1.29, 1.82) is 0 Å². The number of aliphatic hydroxyl groups excluding tert-OH is 1. The Hall–Kier alpha value is -0.453. The molecular formula is C24H44O3Si. The molecule has 2 aliphatic carbocycles. The van der Waals surface area contributed by atoms with Gasteiger partial charge in [0.15, 0.2) is 8.32 Å². The molecule has 1 saturated carbocycles. The first-order valence-corrected chi connectivity index (χ1v) is 14.1. The summed E-state index contributed by atoms with van der Waals surface area (Å²) in [7, 11) is -1.85. The molecule has 28 heavy (non-hydrogen) atoms. The molecule has 4 heteroatoms. The summed E-state index contributed by atoms with van der Waals surface area (Å²) in [5.74, 6) is 0.431. The van der Waals surface area contributed by atoms with Gasteiger partial charge in [0, 0.05) is 12.3 Å². The summed E-state index contributed by atoms with van der Waals surface area (Å²) in [6.45, 7) is 17.6. The molecule has 3 nitrogen and oxygen atoms in total. The van der Waals surface area contributed by atoms with Crippen LogP contribution in [0.25, 0.3) is 0 Å². The largest absolute Gasteiger partial charge is 0.408 e. The van der Waals surface area contributed by atoms with E-state index < -0.39 is 14.4 Å². The Kier molecular flexibility index (Phi) is 7.43. The molecule has 0 saturated heterocycles. The predicted molar refractivity (Wildman–Crippen MR) is 120 cm³/mol. The molecule has 1 fully saturated rings. The van der Waals surface area contributed by atoms with Gasteiger partial charge < -0.3 is 14.3 Å². The van der Waals surface area contributed by atoms with Gasteiger partial charge in [-0.25, -0.2) is 0 Å². The van der Waals surface area contributed by atoms with Crippen LogP contribution in [0.4, 0.5) is 0 Å². The third-order valence-electron chi connectivity index (χ3n) is 8.33. The van der Waals surface area contributed by atoms with Crippen LogP contribution < -0.4 is 0 Å². The lowest BCUT2D eigenvalue weighted by Gasteiger charge is -2.59. The number of hydrogen-bond donors (Lipinski definition) is 1. The van der Waals surface area contributed by atoms with E-state index in [1.807, 2.05) is 0 Å². The Bertz CT molecular complexity index is 597. The average molecular weight is 409 g/mol. The van der Waals surface area contributed by atoms with Gasteiger partial charge in [0.25, 0.3) is 0 Å². The molecular weight excluding hydrogens is 364 g/mol. The summed E-state index contributed by atoms with van der Waals surface area (Å²) in [6.07, 6.45) is 4.18. The summed E-state index contributed by atoms with van der Waals surface area (Å²) in [4.78, 5) is 11.8. The van der Waals surface area contributed by atoms with Crippen LogP contribution in [0.15, 0.2) is 11.1 Å². The highest BCUT2D eigenvalue weighted by atomic mass is 28.4. The maximum absolute atomic E-state index is 11.8. The first-order valence-electron chi connectivity index (χ1n) is 11.5. The second-order valence-corrected chi connectivity index (χ2v) is 15.1. The van der Waals surface area contributed by atoms with Crippen LogP contribution in [0, 0.1) is 16.7 Å². The number of carbonyl (C=O) groups is 1. The van der Waals surface area contributed by atoms with Crippen LogP contribution in [0.1, 0.15) is 87.5 Å². The number of aliphatic hydroxyl groups is 1. The number of Topliss-reactive ketones (excluding diaryl/α,β-unsaturated/α-hetero) is 1. The van der Waals surface area contributed by atoms with Crippen molar-refractivity contribution in [3.05, 3.63) is 11.1 Å². The van der Waals surface area contributed by atoms with Gasteiger partial charge in [-0.15, -0.1) is 0 Å². The van der Waals surface area contributed by atoms with Gasteiger partial charge in [-0.3, -0.25) is 0 Å². The molecule has 0 heterocycles. The second kappa shape index (κ2) is 8.73. The predicted octanol–water partition coefficient (Wildman–Crippen LogP) is 6.27. The van der Waals surface area contributed by atoms with Gasteiger partial charge in [-0.1, -0.05) is 53.5 Å². The molecule has 2 aliphatic rings. The highest BCUT2D eigenvalue weighted by molar-refractivity contribution is 6.73. The molecule has 0 amide bonds. The number of ketones is 1. The zero-order valence-corrected chi connectivity index (χ0v) is 20.7. The molecule has 0 aromatic heterocycles. The quantitative estimate of drug-likeness (QED) is 0.380. The summed E-state index contributed by atoms with van der Waals surface area (Å²) >= 11 is 0. The lowest BCUT2D eigenvalue weighted by atomic mass is 9.48. The molecule has 0 aromatic carbocycles. The minimum absolute atomic E-state index is 0.0323. The van der Waals surface area contributed by atoms with Crippen molar-refractivity contribution in [2.24, 2.45) is 16.7 Å². The molecule has 0 unspecified atom stereocenters. The first-order chi connectivity index (χ1) is 13.0. The van der Waals surface area contributed by atoms with Crippen LogP contribution in [0.3, 0.4) is 0 Å². The summed E-state index contributed by atoms with van der Waals surface area (Å²) in [5.41, 5.74) is 2.67. The molecule has 0 spiro atoms. The van der Waals surface area contributed by atoms with E-state index in [9.17, 15) is 9.90 Å². The maximum Gasteiger partial charge on any atom is 0.193 e. The van der Waals surface area contributed by atoms with Gasteiger partial charge in [-0.2, -0.15) is 0 Å². The van der Waals surface area contributed by atoms with E-state index in [4.69, 9.17) is 4.43 Å². The van der Waals surface area contributed by atoms with Crippen molar-refractivity contribution in [3.8, 4) is 0 Å². The van der Waals surface area contributed by atoms with Crippen LogP contribution in [0.2, 0.25) is 18.1 Å². The number of allylic oxidation sites excluding steroid dienone is 1. The van der Waals surface area contributed by atoms with Crippen LogP contribution in [-0.2, 0) is 9.22 Å². The minimum Gasteiger partial charge on any atom is -0.408 e. The van der Waals surface area contributed by atoms with Crippen molar-refractivity contribution in [2.75, 3.05) is 0 Å². The van der Waals surface area contributed by atoms with E-state index in [1.54, 1.807) is 6.92 Å². The van der Waals surface area contributed by atoms with E-state index in [-0.39, 0.29) is 28.6 Å². The third-order valence-corrected chi connectivity index (χ3v) is 12.9. The smallest absolute Gasteiger partial charge is 0.193 e. The molecule has 0 bridgehead atoms. The SMILES string of the molecule is CC[Si](CC)(CC)O[C@H]1C(C)=C(CCC(C)=O)[C@@]2(C)CCCC(C)(C)[C@@H]2[C@@H]1O. The van der Waals surface area contributed by atoms with E-state index >= 15 is 0 Å². The Morgan fingerprint density at radius 1 is 1.14 bits per heavy atom. The monoisotopic (exact) mass is 408 g/mol. The van der Waals surface area contributed by atoms with Crippen LogP contribution in [0.5, 0.6) is 0 Å². The number of hydrogen-bond acceptors (Lipinski definition) is 3. The van der Waals surface area contributed by atoms with Gasteiger partial charge in [0.05, 0.1) is 12.2 Å². The first kappa shape index (κ1) is 23.8. The van der Waals surface area contributed by atoms with E-state index in [1.165, 1.54) is 17.6 Å². The fraction of sp³-hybridized carbons (Fsp3) is 0.875. The Morgan fingerprint density at radius 2 is 1.71 bits per heavy atom. The molecule has 162 valence electrons. The van der Waals surface area contributed by atoms with Crippen molar-refractivity contribution in [1.82, 2.24) is 0 Å². The van der Waals surface area contributed by atoms with Gasteiger partial charge in [0.1, 0.15) is 5.78 Å². The molecule has 2 rings (SSSR count). The third kappa shape index (κ3) is 4.20. The van der Waals surface area contributed by atoms with Crippen LogP contribution in [-0.4, -0.2) is 31.4 Å². The van der Waals surface area contributed by atoms with Gasteiger partial charge >= 0.3 is 0 Å². The van der Waals surface area contributed by atoms with Gasteiger partial charge in [-0.05, 0) is 67.6 Å². The van der Waals surface area contributed by atoms with Gasteiger partial charge in [0.2, 0.25) is 0 Å². The summed E-state index contributed by atoms with van der Waals surface area (Å²) in [6, 6.07) is 3.26. The average Bonchev–Trinajstić information content (AvgIpc) is 2.61. The number of rotatable bonds is 8. The standard InChI is InChI=1S/C24H44O3Si/c1-9-28(10-2,11-3)27-21-18(5)19(14-13-17(4)25)24(8)16-12-15-23(6,7)22(24)20(21)26/h20-22,26H,9-16H2,1-8H3/t20-,21+,22+,24-/m1/s1. The van der Waals surface area contributed by atoms with E-state index in [0.717, 1.165) is 37.4 Å².